The summed E-state index contributed by atoms with van der Waals surface area (Å²) < 4.78 is 10.8. The Kier molecular flexibility index (Phi) is 3.72. The Hall–Kier alpha value is -1.75. The first kappa shape index (κ1) is 12.7. The highest BCUT2D eigenvalue weighted by Gasteiger charge is 2.25. The minimum absolute atomic E-state index is 0.0508. The Morgan fingerprint density at radius 2 is 2.17 bits per heavy atom. The molecular formula is C13H18N2O3. The minimum atomic E-state index is -0.496. The third-order valence-electron chi connectivity index (χ3n) is 2.69. The van der Waals surface area contributed by atoms with Crippen molar-refractivity contribution in [2.24, 2.45) is 0 Å². The maximum atomic E-state index is 11.9. The Bertz CT molecular complexity index is 446. The lowest BCUT2D eigenvalue weighted by molar-refractivity contribution is -0.124. The van der Waals surface area contributed by atoms with Crippen LogP contribution in [0.4, 0.5) is 11.4 Å². The molecule has 0 fully saturated rings. The molecule has 0 spiro atoms. The predicted octanol–water partition coefficient (Wildman–Crippen LogP) is 1.85. The Morgan fingerprint density at radius 3 is 2.83 bits per heavy atom. The quantitative estimate of drug-likeness (QED) is 0.859. The summed E-state index contributed by atoms with van der Waals surface area (Å²) in [6.07, 6.45) is -0.445. The zero-order chi connectivity index (χ0) is 13.1. The lowest BCUT2D eigenvalue weighted by atomic mass is 10.2. The largest absolute Gasteiger partial charge is 0.489 e. The number of benzene rings is 1. The molecule has 5 nitrogen and oxygen atoms in total. The molecule has 1 atom stereocenters. The van der Waals surface area contributed by atoms with E-state index in [4.69, 9.17) is 9.47 Å². The van der Waals surface area contributed by atoms with Crippen molar-refractivity contribution in [1.29, 1.82) is 0 Å². The zero-order valence-electron chi connectivity index (χ0n) is 10.8. The molecule has 1 unspecified atom stereocenters. The van der Waals surface area contributed by atoms with Crippen molar-refractivity contribution in [2.45, 2.75) is 26.1 Å². The fourth-order valence-corrected chi connectivity index (χ4v) is 1.85. The van der Waals surface area contributed by atoms with E-state index in [-0.39, 0.29) is 12.0 Å². The van der Waals surface area contributed by atoms with Crippen LogP contribution < -0.4 is 15.4 Å². The van der Waals surface area contributed by atoms with E-state index in [1.807, 2.05) is 32.0 Å². The van der Waals surface area contributed by atoms with Crippen molar-refractivity contribution >= 4 is 17.3 Å². The van der Waals surface area contributed by atoms with Crippen LogP contribution in [0, 0.1) is 0 Å². The van der Waals surface area contributed by atoms with Gasteiger partial charge in [-0.15, -0.1) is 0 Å². The molecule has 0 aliphatic carbocycles. The number of anilines is 2. The van der Waals surface area contributed by atoms with Crippen LogP contribution >= 0.6 is 0 Å². The fourth-order valence-electron chi connectivity index (χ4n) is 1.85. The SMILES string of the molecule is COC1CNc2cccc(OC(C)C)c2NC1=O. The number of carbonyl (C=O) groups is 1. The summed E-state index contributed by atoms with van der Waals surface area (Å²) >= 11 is 0. The summed E-state index contributed by atoms with van der Waals surface area (Å²) in [7, 11) is 1.52. The normalized spacial score (nSPS) is 18.7. The number of nitrogens with one attached hydrogen (secondary N) is 2. The van der Waals surface area contributed by atoms with Crippen molar-refractivity contribution in [2.75, 3.05) is 24.3 Å². The van der Waals surface area contributed by atoms with Crippen LogP contribution in [0.25, 0.3) is 0 Å². The lowest BCUT2D eigenvalue weighted by Crippen LogP contribution is -2.32. The molecule has 1 aliphatic heterocycles. The standard InChI is InChI=1S/C13H18N2O3/c1-8(2)18-10-6-4-5-9-12(10)15-13(16)11(17-3)7-14-9/h4-6,8,11,14H,7H2,1-3H3,(H,15,16). The molecule has 2 rings (SSSR count). The Morgan fingerprint density at radius 1 is 1.39 bits per heavy atom. The Labute approximate surface area is 106 Å². The van der Waals surface area contributed by atoms with Crippen LogP contribution in [0.3, 0.4) is 0 Å². The van der Waals surface area contributed by atoms with Crippen molar-refractivity contribution in [3.63, 3.8) is 0 Å². The van der Waals surface area contributed by atoms with Gasteiger partial charge in [0.2, 0.25) is 0 Å². The van der Waals surface area contributed by atoms with E-state index in [1.54, 1.807) is 0 Å². The average Bonchev–Trinajstić information content (AvgIpc) is 2.48. The number of fused-ring (bicyclic) bond motifs is 1. The summed E-state index contributed by atoms with van der Waals surface area (Å²) in [5.74, 6) is 0.503. The third-order valence-corrected chi connectivity index (χ3v) is 2.69. The van der Waals surface area contributed by atoms with E-state index < -0.39 is 6.10 Å². The summed E-state index contributed by atoms with van der Waals surface area (Å²) in [4.78, 5) is 11.9. The van der Waals surface area contributed by atoms with Crippen LogP contribution in [0.5, 0.6) is 5.75 Å². The van der Waals surface area contributed by atoms with Crippen molar-refractivity contribution in [1.82, 2.24) is 0 Å². The van der Waals surface area contributed by atoms with E-state index in [2.05, 4.69) is 10.6 Å². The van der Waals surface area contributed by atoms with E-state index in [1.165, 1.54) is 7.11 Å². The van der Waals surface area contributed by atoms with Crippen molar-refractivity contribution in [3.8, 4) is 5.75 Å². The molecular weight excluding hydrogens is 232 g/mol. The molecule has 2 N–H and O–H groups in total. The second-order valence-corrected chi connectivity index (χ2v) is 4.44. The van der Waals surface area contributed by atoms with Gasteiger partial charge in [-0.2, -0.15) is 0 Å². The molecule has 1 heterocycles. The number of rotatable bonds is 3. The van der Waals surface area contributed by atoms with Gasteiger partial charge in [0.15, 0.2) is 6.10 Å². The van der Waals surface area contributed by atoms with Gasteiger partial charge in [0.25, 0.3) is 5.91 Å². The lowest BCUT2D eigenvalue weighted by Gasteiger charge is -2.16. The number of carbonyl (C=O) groups excluding carboxylic acids is 1. The minimum Gasteiger partial charge on any atom is -0.489 e. The molecule has 1 aliphatic rings. The topological polar surface area (TPSA) is 59.6 Å². The molecule has 0 radical (unpaired) electrons. The summed E-state index contributed by atoms with van der Waals surface area (Å²) in [6.45, 7) is 4.34. The molecule has 1 aromatic carbocycles. The summed E-state index contributed by atoms with van der Waals surface area (Å²) in [5, 5.41) is 6.03. The number of ether oxygens (including phenoxy) is 2. The number of hydrogen-bond acceptors (Lipinski definition) is 4. The molecule has 5 heteroatoms. The first-order chi connectivity index (χ1) is 8.61. The van der Waals surface area contributed by atoms with Crippen LogP contribution in [-0.2, 0) is 9.53 Å². The third kappa shape index (κ3) is 2.56. The molecule has 98 valence electrons. The van der Waals surface area contributed by atoms with Gasteiger partial charge in [-0.25, -0.2) is 0 Å². The summed E-state index contributed by atoms with van der Waals surface area (Å²) in [6, 6.07) is 5.64. The predicted molar refractivity (Wildman–Crippen MR) is 70.1 cm³/mol. The highest BCUT2D eigenvalue weighted by Crippen LogP contribution is 2.34. The number of hydrogen-bond donors (Lipinski definition) is 2. The molecule has 0 bridgehead atoms. The van der Waals surface area contributed by atoms with Crippen LogP contribution in [0.1, 0.15) is 13.8 Å². The van der Waals surface area contributed by atoms with E-state index in [9.17, 15) is 4.79 Å². The zero-order valence-corrected chi connectivity index (χ0v) is 10.8. The van der Waals surface area contributed by atoms with Gasteiger partial charge >= 0.3 is 0 Å². The average molecular weight is 250 g/mol. The smallest absolute Gasteiger partial charge is 0.255 e. The highest BCUT2D eigenvalue weighted by molar-refractivity contribution is 6.00. The molecule has 0 saturated carbocycles. The highest BCUT2D eigenvalue weighted by atomic mass is 16.5. The maximum Gasteiger partial charge on any atom is 0.255 e. The molecule has 1 aromatic rings. The van der Waals surface area contributed by atoms with Gasteiger partial charge in [0.05, 0.1) is 18.3 Å². The van der Waals surface area contributed by atoms with Gasteiger partial charge < -0.3 is 20.1 Å². The van der Waals surface area contributed by atoms with Gasteiger partial charge in [0, 0.05) is 7.11 Å². The van der Waals surface area contributed by atoms with E-state index >= 15 is 0 Å². The second-order valence-electron chi connectivity index (χ2n) is 4.44. The summed E-state index contributed by atoms with van der Waals surface area (Å²) in [5.41, 5.74) is 1.52. The van der Waals surface area contributed by atoms with Crippen LogP contribution in [0.2, 0.25) is 0 Å². The second kappa shape index (κ2) is 5.27. The van der Waals surface area contributed by atoms with Gasteiger partial charge in [-0.1, -0.05) is 6.07 Å². The van der Waals surface area contributed by atoms with E-state index in [0.29, 0.717) is 18.0 Å². The first-order valence-electron chi connectivity index (χ1n) is 5.99. The number of methoxy groups -OCH3 is 1. The molecule has 0 saturated heterocycles. The fraction of sp³-hybridized carbons (Fsp3) is 0.462. The number of para-hydroxylation sites is 1. The van der Waals surface area contributed by atoms with Crippen molar-refractivity contribution in [3.05, 3.63) is 18.2 Å². The van der Waals surface area contributed by atoms with Gasteiger partial charge in [0.1, 0.15) is 11.4 Å². The first-order valence-corrected chi connectivity index (χ1v) is 5.99. The molecule has 0 aromatic heterocycles. The monoisotopic (exact) mass is 250 g/mol. The number of amides is 1. The van der Waals surface area contributed by atoms with Gasteiger partial charge in [-0.3, -0.25) is 4.79 Å². The van der Waals surface area contributed by atoms with Gasteiger partial charge in [-0.05, 0) is 26.0 Å². The maximum absolute atomic E-state index is 11.9. The van der Waals surface area contributed by atoms with Crippen LogP contribution in [-0.4, -0.2) is 31.8 Å². The van der Waals surface area contributed by atoms with E-state index in [0.717, 1.165) is 5.69 Å². The molecule has 1 amide bonds. The van der Waals surface area contributed by atoms with Crippen molar-refractivity contribution < 1.29 is 14.3 Å². The van der Waals surface area contributed by atoms with Crippen LogP contribution in [0.15, 0.2) is 18.2 Å². The molecule has 18 heavy (non-hydrogen) atoms. The Balaban J connectivity index is 2.32.